The summed E-state index contributed by atoms with van der Waals surface area (Å²) >= 11 is 2.62. The van der Waals surface area contributed by atoms with E-state index < -0.39 is 0 Å². The van der Waals surface area contributed by atoms with Gasteiger partial charge >= 0.3 is 44.3 Å². The fraction of sp³-hybridized carbons (Fsp3) is 0. The summed E-state index contributed by atoms with van der Waals surface area (Å²) in [6, 6.07) is 0. The van der Waals surface area contributed by atoms with Crippen LogP contribution < -0.4 is 0 Å². The van der Waals surface area contributed by atoms with Crippen LogP contribution in [0.4, 0.5) is 0 Å². The zero-order chi connectivity index (χ0) is 4.71. The SMILES string of the molecule is O=C=O.[LiH].[O]=[Ni]. The summed E-state index contributed by atoms with van der Waals surface area (Å²) in [5, 5.41) is 0. The Labute approximate surface area is 54.2 Å². The summed E-state index contributed by atoms with van der Waals surface area (Å²) in [7, 11) is 0. The standard InChI is InChI=1S/CO2.Li.Ni.O.H/c2-1-3;;;;. The Balaban J connectivity index is -0.0000000275. The second-order valence-electron chi connectivity index (χ2n) is 0.0833. The van der Waals surface area contributed by atoms with Gasteiger partial charge in [-0.2, -0.15) is 9.59 Å². The molecule has 5 heteroatoms. The first kappa shape index (κ1) is 16.3. The van der Waals surface area contributed by atoms with Crippen LogP contribution >= 0.6 is 0 Å². The zero-order valence-corrected chi connectivity index (χ0v) is 3.03. The normalized spacial score (nSPS) is 2.33. The molecule has 6 heavy (non-hydrogen) atoms. The van der Waals surface area contributed by atoms with E-state index in [4.69, 9.17) is 13.5 Å². The van der Waals surface area contributed by atoms with Gasteiger partial charge in [0.2, 0.25) is 0 Å². The van der Waals surface area contributed by atoms with Crippen molar-refractivity contribution >= 4 is 25.0 Å². The maximum absolute atomic E-state index is 8.12. The van der Waals surface area contributed by atoms with Crippen molar-refractivity contribution in [2.45, 2.75) is 0 Å². The van der Waals surface area contributed by atoms with Gasteiger partial charge in [-0.25, -0.2) is 0 Å². The second-order valence-corrected chi connectivity index (χ2v) is 0.0833. The van der Waals surface area contributed by atoms with Crippen molar-refractivity contribution in [3.05, 3.63) is 0 Å². The quantitative estimate of drug-likeness (QED) is 0.377. The summed E-state index contributed by atoms with van der Waals surface area (Å²) in [6.45, 7) is 0. The van der Waals surface area contributed by atoms with Crippen molar-refractivity contribution in [2.24, 2.45) is 0 Å². The predicted octanol–water partition coefficient (Wildman–Crippen LogP) is -1.35. The molecule has 0 unspecified atom stereocenters. The van der Waals surface area contributed by atoms with E-state index in [2.05, 4.69) is 15.4 Å². The summed E-state index contributed by atoms with van der Waals surface area (Å²) < 4.78 is 7.88. The molecule has 0 heterocycles. The van der Waals surface area contributed by atoms with Gasteiger partial charge in [0.15, 0.2) is 0 Å². The summed E-state index contributed by atoms with van der Waals surface area (Å²) in [5.74, 6) is 0. The van der Waals surface area contributed by atoms with Gasteiger partial charge in [0.05, 0.1) is 0 Å². The molecule has 0 aliphatic heterocycles. The van der Waals surface area contributed by atoms with Crippen molar-refractivity contribution in [3.63, 3.8) is 0 Å². The number of rotatable bonds is 0. The van der Waals surface area contributed by atoms with E-state index in [1.165, 1.54) is 0 Å². The first-order valence-electron chi connectivity index (χ1n) is 0.537. The van der Waals surface area contributed by atoms with E-state index in [9.17, 15) is 0 Å². The Morgan fingerprint density at radius 2 is 1.17 bits per heavy atom. The monoisotopic (exact) mass is 126 g/mol. The summed E-state index contributed by atoms with van der Waals surface area (Å²) in [4.78, 5) is 16.2. The molecule has 0 aromatic rings. The molecule has 0 saturated carbocycles. The molecule has 0 aliphatic carbocycles. The molecule has 0 aliphatic rings. The van der Waals surface area contributed by atoms with E-state index >= 15 is 0 Å². The fourth-order valence-electron chi connectivity index (χ4n) is 0. The molecular weight excluding hydrogens is 126 g/mol. The average molecular weight is 127 g/mol. The third kappa shape index (κ3) is 623. The van der Waals surface area contributed by atoms with Crippen molar-refractivity contribution in [1.29, 1.82) is 0 Å². The van der Waals surface area contributed by atoms with Crippen molar-refractivity contribution < 1.29 is 28.9 Å². The van der Waals surface area contributed by atoms with E-state index in [0.29, 0.717) is 0 Å². The first-order chi connectivity index (χ1) is 2.41. The Hall–Kier alpha value is 0.271. The second kappa shape index (κ2) is 59.5. The maximum atomic E-state index is 8.12. The number of hydrogen-bond acceptors (Lipinski definition) is 3. The molecule has 0 aromatic heterocycles. The molecule has 0 spiro atoms. The Morgan fingerprint density at radius 1 is 1.17 bits per heavy atom. The zero-order valence-electron chi connectivity index (χ0n) is 2.04. The van der Waals surface area contributed by atoms with Gasteiger partial charge in [0, 0.05) is 0 Å². The Bertz CT molecular complexity index is 40.1. The third-order valence-electron chi connectivity index (χ3n) is 0. The van der Waals surface area contributed by atoms with Crippen LogP contribution in [0, 0.1) is 0 Å². The van der Waals surface area contributed by atoms with Crippen molar-refractivity contribution in [1.82, 2.24) is 0 Å². The van der Waals surface area contributed by atoms with Gasteiger partial charge < -0.3 is 0 Å². The molecule has 3 nitrogen and oxygen atoms in total. The Kier molecular flexibility index (Phi) is 162. The van der Waals surface area contributed by atoms with Gasteiger partial charge in [0.25, 0.3) is 0 Å². The minimum atomic E-state index is 0. The van der Waals surface area contributed by atoms with E-state index in [1.54, 1.807) is 0 Å². The van der Waals surface area contributed by atoms with Crippen LogP contribution in [0.3, 0.4) is 0 Å². The van der Waals surface area contributed by atoms with Crippen LogP contribution in [-0.4, -0.2) is 25.0 Å². The van der Waals surface area contributed by atoms with Crippen LogP contribution in [0.15, 0.2) is 0 Å². The number of carbonyl (C=O) groups excluding carboxylic acids is 2. The molecule has 0 bridgehead atoms. The molecule has 0 rings (SSSR count). The number of hydrogen-bond donors (Lipinski definition) is 0. The van der Waals surface area contributed by atoms with Crippen LogP contribution in [0.1, 0.15) is 0 Å². The average Bonchev–Trinajstić information content (AvgIpc) is 1.46. The van der Waals surface area contributed by atoms with E-state index in [1.807, 2.05) is 0 Å². The van der Waals surface area contributed by atoms with Crippen LogP contribution in [0.25, 0.3) is 0 Å². The first-order valence-corrected chi connectivity index (χ1v) is 0.941. The third-order valence-corrected chi connectivity index (χ3v) is 0. The predicted molar refractivity (Wildman–Crippen MR) is 12.8 cm³/mol. The van der Waals surface area contributed by atoms with Crippen LogP contribution in [0.2, 0.25) is 0 Å². The minimum absolute atomic E-state index is 0. The van der Waals surface area contributed by atoms with Crippen LogP contribution in [-0.2, 0) is 28.9 Å². The van der Waals surface area contributed by atoms with Gasteiger partial charge in [-0.05, 0) is 0 Å². The molecule has 0 aromatic carbocycles. The molecular formula is CHLiNiO3. The molecule has 0 fully saturated rings. The van der Waals surface area contributed by atoms with Crippen molar-refractivity contribution in [2.75, 3.05) is 0 Å². The van der Waals surface area contributed by atoms with Crippen molar-refractivity contribution in [3.8, 4) is 0 Å². The molecule has 0 atom stereocenters. The van der Waals surface area contributed by atoms with Crippen LogP contribution in [0.5, 0.6) is 0 Å². The molecule has 34 valence electrons. The fourth-order valence-corrected chi connectivity index (χ4v) is 0. The van der Waals surface area contributed by atoms with E-state index in [-0.39, 0.29) is 25.0 Å². The Morgan fingerprint density at radius 3 is 1.17 bits per heavy atom. The summed E-state index contributed by atoms with van der Waals surface area (Å²) in [5.41, 5.74) is 0. The molecule has 0 amide bonds. The van der Waals surface area contributed by atoms with Gasteiger partial charge in [-0.1, -0.05) is 0 Å². The molecule has 0 radical (unpaired) electrons. The topological polar surface area (TPSA) is 51.2 Å². The molecule has 0 N–H and O–H groups in total. The van der Waals surface area contributed by atoms with Gasteiger partial charge in [0.1, 0.15) is 0 Å². The molecule has 0 saturated heterocycles. The van der Waals surface area contributed by atoms with Gasteiger partial charge in [-0.3, -0.25) is 0 Å². The summed E-state index contributed by atoms with van der Waals surface area (Å²) in [6.07, 6.45) is 0.250. The van der Waals surface area contributed by atoms with E-state index in [0.717, 1.165) is 0 Å². The van der Waals surface area contributed by atoms with Gasteiger partial charge in [-0.15, -0.1) is 0 Å².